The van der Waals surface area contributed by atoms with E-state index in [0.29, 0.717) is 0 Å². The quantitative estimate of drug-likeness (QED) is 0.120. The van der Waals surface area contributed by atoms with Crippen LogP contribution in [0, 0.1) is 0 Å². The Balaban J connectivity index is 1.94. The van der Waals surface area contributed by atoms with Gasteiger partial charge in [-0.3, -0.25) is 0 Å². The van der Waals surface area contributed by atoms with E-state index in [2.05, 4.69) is 24.0 Å². The topological polar surface area (TPSA) is 42.6 Å². The van der Waals surface area contributed by atoms with Gasteiger partial charge in [-0.1, -0.05) is 0 Å². The molecule has 0 radical (unpaired) electrons. The van der Waals surface area contributed by atoms with Gasteiger partial charge in [0, 0.05) is 0 Å². The van der Waals surface area contributed by atoms with Gasteiger partial charge >= 0.3 is 123 Å². The van der Waals surface area contributed by atoms with Crippen LogP contribution in [-0.4, -0.2) is 79.0 Å². The summed E-state index contributed by atoms with van der Waals surface area (Å²) in [6.45, 7) is 9.65. The molecule has 0 bridgehead atoms. The van der Waals surface area contributed by atoms with Crippen LogP contribution in [0.2, 0.25) is 0 Å². The first-order valence-electron chi connectivity index (χ1n) is 6.93. The van der Waals surface area contributed by atoms with Crippen molar-refractivity contribution in [1.82, 2.24) is 24.0 Å². The zero-order valence-corrected chi connectivity index (χ0v) is 14.0. The second-order valence-corrected chi connectivity index (χ2v) is 7.37. The SMILES string of the molecule is CNCCCN1CCN([I-]CNCCNC)CC1. The summed E-state index contributed by atoms with van der Waals surface area (Å²) in [5.74, 6) is 0. The fraction of sp³-hybridized carbons (Fsp3) is 1.00. The van der Waals surface area contributed by atoms with Gasteiger partial charge in [0.25, 0.3) is 0 Å². The Bertz CT molecular complexity index is 185. The van der Waals surface area contributed by atoms with Crippen molar-refractivity contribution in [2.45, 2.75) is 6.42 Å². The van der Waals surface area contributed by atoms with Gasteiger partial charge in [0.05, 0.1) is 0 Å². The summed E-state index contributed by atoms with van der Waals surface area (Å²) in [6, 6.07) is 0. The second-order valence-electron chi connectivity index (χ2n) is 4.57. The van der Waals surface area contributed by atoms with Gasteiger partial charge in [-0.25, -0.2) is 0 Å². The Hall–Kier alpha value is 0.530. The molecule has 3 N–H and O–H groups in total. The predicted molar refractivity (Wildman–Crippen MR) is 73.4 cm³/mol. The van der Waals surface area contributed by atoms with Gasteiger partial charge < -0.3 is 0 Å². The van der Waals surface area contributed by atoms with Crippen molar-refractivity contribution in [3.05, 3.63) is 0 Å². The molecule has 0 aliphatic carbocycles. The number of likely N-dealkylation sites (N-methyl/N-ethyl adjacent to an activating group) is 1. The minimum atomic E-state index is 0.205. The molecule has 110 valence electrons. The van der Waals surface area contributed by atoms with Crippen LogP contribution in [0.15, 0.2) is 0 Å². The van der Waals surface area contributed by atoms with E-state index in [1.807, 2.05) is 14.1 Å². The van der Waals surface area contributed by atoms with Crippen LogP contribution in [0.25, 0.3) is 0 Å². The molecule has 1 aliphatic rings. The van der Waals surface area contributed by atoms with E-state index >= 15 is 0 Å². The molecule has 1 fully saturated rings. The van der Waals surface area contributed by atoms with E-state index in [4.69, 9.17) is 0 Å². The van der Waals surface area contributed by atoms with Crippen LogP contribution in [-0.2, 0) is 0 Å². The molecule has 1 heterocycles. The first-order chi connectivity index (χ1) is 8.86. The van der Waals surface area contributed by atoms with E-state index in [1.54, 1.807) is 0 Å². The van der Waals surface area contributed by atoms with Crippen molar-refractivity contribution in [2.75, 3.05) is 71.0 Å². The first kappa shape index (κ1) is 16.6. The number of piperazine rings is 1. The molecular weight excluding hydrogens is 341 g/mol. The van der Waals surface area contributed by atoms with Crippen molar-refractivity contribution in [1.29, 1.82) is 0 Å². The van der Waals surface area contributed by atoms with Gasteiger partial charge in [-0.15, -0.1) is 0 Å². The number of rotatable bonds is 10. The van der Waals surface area contributed by atoms with Gasteiger partial charge in [0.2, 0.25) is 0 Å². The number of hydrogen-bond acceptors (Lipinski definition) is 5. The van der Waals surface area contributed by atoms with Crippen LogP contribution in [0.5, 0.6) is 0 Å². The van der Waals surface area contributed by atoms with Crippen molar-refractivity contribution in [2.24, 2.45) is 0 Å². The molecule has 0 unspecified atom stereocenters. The Morgan fingerprint density at radius 1 is 0.944 bits per heavy atom. The zero-order valence-electron chi connectivity index (χ0n) is 11.8. The van der Waals surface area contributed by atoms with E-state index < -0.39 is 0 Å². The second kappa shape index (κ2) is 11.4. The van der Waals surface area contributed by atoms with Crippen molar-refractivity contribution < 1.29 is 21.5 Å². The molecule has 0 aromatic carbocycles. The third-order valence-electron chi connectivity index (χ3n) is 3.09. The number of nitrogens with zero attached hydrogens (tertiary/aromatic N) is 2. The maximum atomic E-state index is 3.51. The first-order valence-corrected chi connectivity index (χ1v) is 9.42. The number of halogens is 1. The summed E-state index contributed by atoms with van der Waals surface area (Å²) < 4.78 is 3.90. The predicted octanol–water partition coefficient (Wildman–Crippen LogP) is -4.02. The molecule has 0 atom stereocenters. The number of nitrogens with one attached hydrogen (secondary N) is 3. The molecule has 0 aromatic heterocycles. The number of alkyl halides is 1. The molecule has 18 heavy (non-hydrogen) atoms. The monoisotopic (exact) mass is 370 g/mol. The summed E-state index contributed by atoms with van der Waals surface area (Å²) in [7, 11) is 4.04. The summed E-state index contributed by atoms with van der Waals surface area (Å²) in [5.41, 5.74) is 0. The molecular formula is C12H29IN5-. The Labute approximate surface area is 123 Å². The maximum absolute atomic E-state index is 3.51. The van der Waals surface area contributed by atoms with Crippen LogP contribution in [0.4, 0.5) is 0 Å². The van der Waals surface area contributed by atoms with Crippen molar-refractivity contribution >= 4 is 0 Å². The van der Waals surface area contributed by atoms with Gasteiger partial charge in [-0.05, 0) is 0 Å². The van der Waals surface area contributed by atoms with Gasteiger partial charge in [0.15, 0.2) is 0 Å². The molecule has 0 saturated carbocycles. The van der Waals surface area contributed by atoms with E-state index in [0.717, 1.165) is 19.6 Å². The van der Waals surface area contributed by atoms with Crippen LogP contribution >= 0.6 is 0 Å². The third kappa shape index (κ3) is 7.85. The average Bonchev–Trinajstić information content (AvgIpc) is 2.40. The normalized spacial score (nSPS) is 18.6. The van der Waals surface area contributed by atoms with Crippen molar-refractivity contribution in [3.8, 4) is 0 Å². The molecule has 1 saturated heterocycles. The third-order valence-corrected chi connectivity index (χ3v) is 5.90. The molecule has 6 heteroatoms. The molecule has 1 aliphatic heterocycles. The minimum absolute atomic E-state index is 0.205. The van der Waals surface area contributed by atoms with E-state index in [-0.39, 0.29) is 21.5 Å². The molecule has 5 nitrogen and oxygen atoms in total. The Kier molecular flexibility index (Phi) is 10.5. The van der Waals surface area contributed by atoms with E-state index in [1.165, 1.54) is 43.7 Å². The molecule has 1 rings (SSSR count). The van der Waals surface area contributed by atoms with Gasteiger partial charge in [-0.2, -0.15) is 0 Å². The van der Waals surface area contributed by atoms with Crippen LogP contribution in [0.1, 0.15) is 6.42 Å². The van der Waals surface area contributed by atoms with Crippen LogP contribution in [0.3, 0.4) is 0 Å². The summed E-state index contributed by atoms with van der Waals surface area (Å²) in [6.07, 6.45) is 1.27. The number of hydrogen-bond donors (Lipinski definition) is 3. The van der Waals surface area contributed by atoms with Crippen LogP contribution < -0.4 is 37.4 Å². The Morgan fingerprint density at radius 3 is 2.33 bits per heavy atom. The fourth-order valence-electron chi connectivity index (χ4n) is 1.95. The zero-order chi connectivity index (χ0) is 13.1. The van der Waals surface area contributed by atoms with Crippen molar-refractivity contribution in [3.63, 3.8) is 0 Å². The average molecular weight is 370 g/mol. The molecule has 0 spiro atoms. The molecule has 0 amide bonds. The van der Waals surface area contributed by atoms with Gasteiger partial charge in [0.1, 0.15) is 0 Å². The van der Waals surface area contributed by atoms with E-state index in [9.17, 15) is 0 Å². The standard InChI is InChI=1S/C12H29IN5/c1-14-4-3-7-17-8-10-18(11-9-17)13-12-16-6-5-15-2/h14-16H,3-12H2,1-2H3/q-1. The molecule has 0 aromatic rings. The Morgan fingerprint density at radius 2 is 1.67 bits per heavy atom. The summed E-state index contributed by atoms with van der Waals surface area (Å²) in [4.78, 5) is 2.60. The summed E-state index contributed by atoms with van der Waals surface area (Å²) in [5, 5.41) is 9.89. The fourth-order valence-corrected chi connectivity index (χ4v) is 4.17. The summed E-state index contributed by atoms with van der Waals surface area (Å²) >= 11 is 0.205.